The van der Waals surface area contributed by atoms with E-state index in [0.717, 1.165) is 10.5 Å². The lowest BCUT2D eigenvalue weighted by atomic mass is 10.0. The summed E-state index contributed by atoms with van der Waals surface area (Å²) < 4.78 is 12.9. The summed E-state index contributed by atoms with van der Waals surface area (Å²) >= 11 is 6.51. The highest BCUT2D eigenvalue weighted by Gasteiger charge is 2.59. The van der Waals surface area contributed by atoms with E-state index in [1.54, 1.807) is 24.3 Å². The minimum atomic E-state index is -1.55. The number of alkyl halides is 2. The molecule has 1 aromatic rings. The number of rotatable bonds is 6. The molecule has 2 N–H and O–H groups in total. The van der Waals surface area contributed by atoms with Gasteiger partial charge in [-0.3, -0.25) is 18.7 Å². The van der Waals surface area contributed by atoms with Crippen LogP contribution in [-0.2, 0) is 31.6 Å². The van der Waals surface area contributed by atoms with Crippen LogP contribution in [0.4, 0.5) is 0 Å². The fraction of sp³-hybridized carbons (Fsp3) is 0.353. The Morgan fingerprint density at radius 2 is 1.89 bits per heavy atom. The van der Waals surface area contributed by atoms with E-state index in [-0.39, 0.29) is 23.4 Å². The second-order valence-electron chi connectivity index (χ2n) is 6.09. The Bertz CT molecular complexity index is 845. The molecule has 10 heteroatoms. The van der Waals surface area contributed by atoms with Crippen LogP contribution >= 0.6 is 31.9 Å². The van der Waals surface area contributed by atoms with Crippen LogP contribution in [0.1, 0.15) is 5.56 Å². The molecule has 2 aliphatic rings. The number of nitrogens with one attached hydrogen (secondary N) is 1. The highest BCUT2D eigenvalue weighted by atomic mass is 79.9. The van der Waals surface area contributed by atoms with Crippen LogP contribution in [0, 0.1) is 0 Å². The van der Waals surface area contributed by atoms with Gasteiger partial charge in [0.05, 0.1) is 22.5 Å². The summed E-state index contributed by atoms with van der Waals surface area (Å²) in [5.74, 6) is -2.18. The van der Waals surface area contributed by atoms with Gasteiger partial charge in [-0.2, -0.15) is 0 Å². The fourth-order valence-electron chi connectivity index (χ4n) is 3.24. The molecule has 0 saturated carbocycles. The van der Waals surface area contributed by atoms with Crippen LogP contribution in [-0.4, -0.2) is 59.3 Å². The van der Waals surface area contributed by atoms with Crippen LogP contribution in [0.3, 0.4) is 0 Å². The molecular weight excluding hydrogens is 504 g/mol. The minimum absolute atomic E-state index is 0.0835. The first-order valence-electron chi connectivity index (χ1n) is 8.04. The van der Waals surface area contributed by atoms with Crippen LogP contribution in [0.2, 0.25) is 0 Å². The molecule has 3 unspecified atom stereocenters. The van der Waals surface area contributed by atoms with Crippen molar-refractivity contribution >= 4 is 60.4 Å². The summed E-state index contributed by atoms with van der Waals surface area (Å²) in [5.41, 5.74) is 1.03. The fourth-order valence-corrected chi connectivity index (χ4v) is 7.09. The van der Waals surface area contributed by atoms with Gasteiger partial charge in [-0.25, -0.2) is 4.79 Å². The van der Waals surface area contributed by atoms with Crippen molar-refractivity contribution in [2.24, 2.45) is 0 Å². The molecule has 1 aromatic carbocycles. The highest BCUT2D eigenvalue weighted by Crippen LogP contribution is 2.39. The topological polar surface area (TPSA) is 104 Å². The number of β-lactam (4-membered cyclic amide) rings is 1. The van der Waals surface area contributed by atoms with Gasteiger partial charge in [-0.15, -0.1) is 0 Å². The van der Waals surface area contributed by atoms with Crippen molar-refractivity contribution in [3.63, 3.8) is 0 Å². The Morgan fingerprint density at radius 3 is 2.44 bits per heavy atom. The molecule has 0 radical (unpaired) electrons. The molecule has 3 rings (SSSR count). The monoisotopic (exact) mass is 518 g/mol. The molecule has 0 spiro atoms. The van der Waals surface area contributed by atoms with E-state index in [9.17, 15) is 23.7 Å². The second-order valence-corrected chi connectivity index (χ2v) is 9.01. The van der Waals surface area contributed by atoms with E-state index in [0.29, 0.717) is 10.9 Å². The van der Waals surface area contributed by atoms with Gasteiger partial charge in [0.15, 0.2) is 0 Å². The van der Waals surface area contributed by atoms with Gasteiger partial charge in [-0.05, 0) is 11.1 Å². The number of carboxylic acids is 1. The molecule has 0 bridgehead atoms. The van der Waals surface area contributed by atoms with Crippen molar-refractivity contribution < 1.29 is 23.7 Å². The standard InChI is InChI=1S/C17H16Br2N2O5S/c18-7-10-11(8-19)27(26)16-13(15(23)21(16)14(10)17(24)25)20-12(22)6-9-4-2-1-3-5-9/h1-5,11,13,16H,6-8H2,(H,20,22)(H,24,25)/t11?,13?,16-,27?/m0/s1. The molecule has 7 nitrogen and oxygen atoms in total. The number of aliphatic carboxylic acids is 1. The molecule has 4 atom stereocenters. The van der Waals surface area contributed by atoms with Gasteiger partial charge >= 0.3 is 5.97 Å². The smallest absolute Gasteiger partial charge is 0.352 e. The number of carbonyl (C=O) groups is 3. The zero-order valence-electron chi connectivity index (χ0n) is 13.9. The molecule has 144 valence electrons. The van der Waals surface area contributed by atoms with Crippen LogP contribution in [0.15, 0.2) is 41.6 Å². The van der Waals surface area contributed by atoms with Crippen LogP contribution in [0.25, 0.3) is 0 Å². The molecule has 1 saturated heterocycles. The van der Waals surface area contributed by atoms with E-state index >= 15 is 0 Å². The van der Waals surface area contributed by atoms with Crippen molar-refractivity contribution in [3.05, 3.63) is 47.2 Å². The van der Waals surface area contributed by atoms with Crippen molar-refractivity contribution in [1.82, 2.24) is 10.2 Å². The Kier molecular flexibility index (Phi) is 6.17. The van der Waals surface area contributed by atoms with Crippen LogP contribution in [0.5, 0.6) is 0 Å². The van der Waals surface area contributed by atoms with Gasteiger partial charge in [0.1, 0.15) is 17.1 Å². The minimum Gasteiger partial charge on any atom is -0.477 e. The first-order valence-corrected chi connectivity index (χ1v) is 11.6. The highest BCUT2D eigenvalue weighted by molar-refractivity contribution is 9.09. The van der Waals surface area contributed by atoms with E-state index in [1.165, 1.54) is 0 Å². The van der Waals surface area contributed by atoms with Crippen molar-refractivity contribution in [2.75, 3.05) is 10.7 Å². The Balaban J connectivity index is 1.83. The maximum atomic E-state index is 12.9. The number of hydrogen-bond donors (Lipinski definition) is 2. The van der Waals surface area contributed by atoms with E-state index in [4.69, 9.17) is 0 Å². The molecule has 1 fully saturated rings. The number of carboxylic acid groups (broad SMARTS) is 1. The lowest BCUT2D eigenvalue weighted by Crippen LogP contribution is -2.74. The molecule has 0 aliphatic carbocycles. The molecule has 2 aliphatic heterocycles. The van der Waals surface area contributed by atoms with E-state index < -0.39 is 39.3 Å². The zero-order valence-corrected chi connectivity index (χ0v) is 17.9. The SMILES string of the molecule is O=C(Cc1ccccc1)NC1C(=O)N2C(C(=O)O)=C(CBr)C(CBr)S(=O)[C@@H]12. The summed E-state index contributed by atoms with van der Waals surface area (Å²) in [6.07, 6.45) is 0.0835. The predicted octanol–water partition coefficient (Wildman–Crippen LogP) is 1.14. The van der Waals surface area contributed by atoms with Crippen molar-refractivity contribution in [3.8, 4) is 0 Å². The van der Waals surface area contributed by atoms with Crippen molar-refractivity contribution in [1.29, 1.82) is 0 Å². The lowest BCUT2D eigenvalue weighted by molar-refractivity contribution is -0.151. The molecule has 27 heavy (non-hydrogen) atoms. The first kappa shape index (κ1) is 20.2. The summed E-state index contributed by atoms with van der Waals surface area (Å²) in [6, 6.07) is 8.04. The van der Waals surface area contributed by atoms with E-state index in [2.05, 4.69) is 37.2 Å². The van der Waals surface area contributed by atoms with Gasteiger partial charge in [0.2, 0.25) is 5.91 Å². The quantitative estimate of drug-likeness (QED) is 0.433. The third-order valence-corrected chi connectivity index (χ3v) is 8.16. The molecule has 2 heterocycles. The molecule has 0 aromatic heterocycles. The number of nitrogens with zero attached hydrogens (tertiary/aromatic N) is 1. The third-order valence-electron chi connectivity index (χ3n) is 4.51. The Labute approximate surface area is 174 Å². The third kappa shape index (κ3) is 3.62. The van der Waals surface area contributed by atoms with Gasteiger partial charge < -0.3 is 10.4 Å². The molecular formula is C17H16Br2N2O5S. The van der Waals surface area contributed by atoms with Crippen LogP contribution < -0.4 is 5.32 Å². The molecule has 2 amide bonds. The average molecular weight is 520 g/mol. The number of hydrogen-bond acceptors (Lipinski definition) is 4. The van der Waals surface area contributed by atoms with Gasteiger partial charge in [0.25, 0.3) is 5.91 Å². The number of halogens is 2. The zero-order chi connectivity index (χ0) is 19.7. The second kappa shape index (κ2) is 8.24. The first-order chi connectivity index (χ1) is 12.9. The largest absolute Gasteiger partial charge is 0.477 e. The summed E-state index contributed by atoms with van der Waals surface area (Å²) in [6.45, 7) is 0. The van der Waals surface area contributed by atoms with Gasteiger partial charge in [-0.1, -0.05) is 62.2 Å². The Morgan fingerprint density at radius 1 is 1.22 bits per heavy atom. The number of fused-ring (bicyclic) bond motifs is 1. The number of carbonyl (C=O) groups excluding carboxylic acids is 2. The predicted molar refractivity (Wildman–Crippen MR) is 107 cm³/mol. The Hall–Kier alpha value is -1.52. The maximum Gasteiger partial charge on any atom is 0.352 e. The number of amides is 2. The maximum absolute atomic E-state index is 12.9. The van der Waals surface area contributed by atoms with Crippen molar-refractivity contribution in [2.45, 2.75) is 23.1 Å². The van der Waals surface area contributed by atoms with E-state index in [1.807, 2.05) is 6.07 Å². The van der Waals surface area contributed by atoms with Gasteiger partial charge in [0, 0.05) is 10.7 Å². The lowest BCUT2D eigenvalue weighted by Gasteiger charge is -2.50. The summed E-state index contributed by atoms with van der Waals surface area (Å²) in [4.78, 5) is 37.6. The summed E-state index contributed by atoms with van der Waals surface area (Å²) in [5, 5.41) is 11.2. The summed E-state index contributed by atoms with van der Waals surface area (Å²) in [7, 11) is -1.55. The number of benzene rings is 1. The average Bonchev–Trinajstić information content (AvgIpc) is 2.65. The normalized spacial score (nSPS) is 27.0.